The molecule has 2 aromatic rings. The van der Waals surface area contributed by atoms with Crippen LogP contribution >= 0.6 is 0 Å². The Morgan fingerprint density at radius 1 is 1.17 bits per heavy atom. The van der Waals surface area contributed by atoms with E-state index in [0.29, 0.717) is 19.5 Å². The molecule has 1 fully saturated rings. The molecule has 29 heavy (non-hydrogen) atoms. The van der Waals surface area contributed by atoms with Gasteiger partial charge in [-0.15, -0.1) is 0 Å². The van der Waals surface area contributed by atoms with Crippen LogP contribution in [-0.2, 0) is 21.4 Å². The highest BCUT2D eigenvalue weighted by molar-refractivity contribution is 5.79. The van der Waals surface area contributed by atoms with Crippen molar-refractivity contribution in [1.29, 1.82) is 0 Å². The van der Waals surface area contributed by atoms with E-state index in [2.05, 4.69) is 23.5 Å². The van der Waals surface area contributed by atoms with Crippen LogP contribution in [0.25, 0.3) is 0 Å². The summed E-state index contributed by atoms with van der Waals surface area (Å²) in [7, 11) is 1.67. The van der Waals surface area contributed by atoms with E-state index in [4.69, 9.17) is 4.74 Å². The molecule has 1 saturated carbocycles. The molecule has 0 radical (unpaired) electrons. The van der Waals surface area contributed by atoms with Crippen LogP contribution in [0.2, 0.25) is 0 Å². The van der Waals surface area contributed by atoms with E-state index in [-0.39, 0.29) is 23.3 Å². The average molecular weight is 392 g/mol. The van der Waals surface area contributed by atoms with Gasteiger partial charge in [-0.2, -0.15) is 0 Å². The number of nitrogens with zero attached hydrogens (tertiary/aromatic N) is 1. The van der Waals surface area contributed by atoms with Gasteiger partial charge in [-0.05, 0) is 48.1 Å². The van der Waals surface area contributed by atoms with Crippen molar-refractivity contribution >= 4 is 11.8 Å². The van der Waals surface area contributed by atoms with Crippen molar-refractivity contribution in [2.75, 3.05) is 20.2 Å². The number of hydrogen-bond acceptors (Lipinski definition) is 3. The number of methoxy groups -OCH3 is 1. The molecule has 1 heterocycles. The maximum atomic E-state index is 12.8. The molecule has 0 spiro atoms. The maximum Gasteiger partial charge on any atom is 0.222 e. The molecule has 4 rings (SSSR count). The molecular weight excluding hydrogens is 364 g/mol. The first-order valence-electron chi connectivity index (χ1n) is 10.3. The second-order valence-electron chi connectivity index (χ2n) is 8.17. The number of rotatable bonds is 6. The highest BCUT2D eigenvalue weighted by Gasteiger charge is 2.44. The van der Waals surface area contributed by atoms with Gasteiger partial charge in [-0.3, -0.25) is 9.59 Å². The summed E-state index contributed by atoms with van der Waals surface area (Å²) in [4.78, 5) is 26.8. The molecule has 2 aromatic carbocycles. The highest BCUT2D eigenvalue weighted by atomic mass is 16.5. The molecule has 0 aromatic heterocycles. The Labute approximate surface area is 172 Å². The lowest BCUT2D eigenvalue weighted by atomic mass is 9.90. The van der Waals surface area contributed by atoms with Crippen LogP contribution in [0.1, 0.15) is 48.9 Å². The third-order valence-electron chi connectivity index (χ3n) is 6.36. The summed E-state index contributed by atoms with van der Waals surface area (Å²) < 4.78 is 5.35. The topological polar surface area (TPSA) is 58.6 Å². The summed E-state index contributed by atoms with van der Waals surface area (Å²) in [5.41, 5.74) is 3.55. The second-order valence-corrected chi connectivity index (χ2v) is 8.17. The standard InChI is InChI=1S/C24H28N2O3/c1-17(27)26-13-10-18-6-3-4-9-21(18)22(26)15-23(28)25-16-24(11-12-24)19-7-5-8-20(14-19)29-2/h3-9,14,22H,10-13,15-16H2,1-2H3,(H,25,28). The van der Waals surface area contributed by atoms with Crippen molar-refractivity contribution in [2.45, 2.75) is 44.1 Å². The lowest BCUT2D eigenvalue weighted by Gasteiger charge is -2.36. The van der Waals surface area contributed by atoms with Crippen molar-refractivity contribution < 1.29 is 14.3 Å². The Kier molecular flexibility index (Phi) is 5.31. The molecular formula is C24H28N2O3. The molecule has 0 saturated heterocycles. The number of nitrogens with one attached hydrogen (secondary N) is 1. The first-order valence-corrected chi connectivity index (χ1v) is 10.3. The number of carbonyl (C=O) groups is 2. The lowest BCUT2D eigenvalue weighted by molar-refractivity contribution is -0.133. The quantitative estimate of drug-likeness (QED) is 0.820. The minimum absolute atomic E-state index is 0.00729. The van der Waals surface area contributed by atoms with Gasteiger partial charge in [0, 0.05) is 25.4 Å². The zero-order chi connectivity index (χ0) is 20.4. The Morgan fingerprint density at radius 3 is 2.69 bits per heavy atom. The molecule has 2 amide bonds. The summed E-state index contributed by atoms with van der Waals surface area (Å²) in [5.74, 6) is 0.857. The van der Waals surface area contributed by atoms with E-state index < -0.39 is 0 Å². The first-order chi connectivity index (χ1) is 14.0. The van der Waals surface area contributed by atoms with Crippen LogP contribution < -0.4 is 10.1 Å². The number of benzene rings is 2. The largest absolute Gasteiger partial charge is 0.497 e. The van der Waals surface area contributed by atoms with Crippen LogP contribution in [-0.4, -0.2) is 36.9 Å². The fraction of sp³-hybridized carbons (Fsp3) is 0.417. The smallest absolute Gasteiger partial charge is 0.222 e. The number of amides is 2. The van der Waals surface area contributed by atoms with Gasteiger partial charge in [0.25, 0.3) is 0 Å². The molecule has 1 aliphatic heterocycles. The third kappa shape index (κ3) is 4.00. The summed E-state index contributed by atoms with van der Waals surface area (Å²) in [6.45, 7) is 2.87. The molecule has 2 aliphatic rings. The van der Waals surface area contributed by atoms with Crippen LogP contribution in [0.5, 0.6) is 5.75 Å². The fourth-order valence-electron chi connectivity index (χ4n) is 4.44. The van der Waals surface area contributed by atoms with E-state index in [0.717, 1.165) is 30.6 Å². The number of hydrogen-bond donors (Lipinski definition) is 1. The van der Waals surface area contributed by atoms with Crippen LogP contribution in [0.3, 0.4) is 0 Å². The average Bonchev–Trinajstić information content (AvgIpc) is 3.53. The molecule has 152 valence electrons. The van der Waals surface area contributed by atoms with Gasteiger partial charge in [-0.1, -0.05) is 36.4 Å². The number of fused-ring (bicyclic) bond motifs is 1. The van der Waals surface area contributed by atoms with E-state index in [1.807, 2.05) is 35.2 Å². The predicted molar refractivity (Wildman–Crippen MR) is 112 cm³/mol. The van der Waals surface area contributed by atoms with Gasteiger partial charge in [-0.25, -0.2) is 0 Å². The van der Waals surface area contributed by atoms with E-state index in [1.165, 1.54) is 11.1 Å². The zero-order valence-corrected chi connectivity index (χ0v) is 17.1. The van der Waals surface area contributed by atoms with Crippen LogP contribution in [0.15, 0.2) is 48.5 Å². The zero-order valence-electron chi connectivity index (χ0n) is 17.1. The molecule has 5 heteroatoms. The summed E-state index contributed by atoms with van der Waals surface area (Å²) in [5, 5.41) is 3.14. The van der Waals surface area contributed by atoms with Gasteiger partial charge in [0.15, 0.2) is 0 Å². The van der Waals surface area contributed by atoms with Crippen molar-refractivity contribution in [1.82, 2.24) is 10.2 Å². The number of carbonyl (C=O) groups excluding carboxylic acids is 2. The van der Waals surface area contributed by atoms with Crippen LogP contribution in [0, 0.1) is 0 Å². The van der Waals surface area contributed by atoms with Crippen molar-refractivity contribution in [3.63, 3.8) is 0 Å². The minimum Gasteiger partial charge on any atom is -0.497 e. The van der Waals surface area contributed by atoms with Gasteiger partial charge >= 0.3 is 0 Å². The Balaban J connectivity index is 1.44. The number of ether oxygens (including phenoxy) is 1. The van der Waals surface area contributed by atoms with Gasteiger partial charge in [0.1, 0.15) is 5.75 Å². The van der Waals surface area contributed by atoms with Crippen LogP contribution in [0.4, 0.5) is 0 Å². The fourth-order valence-corrected chi connectivity index (χ4v) is 4.44. The Morgan fingerprint density at radius 2 is 1.97 bits per heavy atom. The highest BCUT2D eigenvalue weighted by Crippen LogP contribution is 2.48. The van der Waals surface area contributed by atoms with E-state index in [1.54, 1.807) is 14.0 Å². The molecule has 1 N–H and O–H groups in total. The van der Waals surface area contributed by atoms with Crippen molar-refractivity contribution in [2.24, 2.45) is 0 Å². The Bertz CT molecular complexity index is 920. The molecule has 1 atom stereocenters. The SMILES string of the molecule is COc1cccc(C2(CNC(=O)CC3c4ccccc4CCN3C(C)=O)CC2)c1. The Hall–Kier alpha value is -2.82. The van der Waals surface area contributed by atoms with E-state index in [9.17, 15) is 9.59 Å². The maximum absolute atomic E-state index is 12.8. The predicted octanol–water partition coefficient (Wildman–Crippen LogP) is 3.38. The van der Waals surface area contributed by atoms with Gasteiger partial charge in [0.05, 0.1) is 19.6 Å². The normalized spacial score (nSPS) is 19.2. The van der Waals surface area contributed by atoms with Gasteiger partial charge in [0.2, 0.25) is 11.8 Å². The van der Waals surface area contributed by atoms with Crippen molar-refractivity contribution in [3.8, 4) is 5.75 Å². The van der Waals surface area contributed by atoms with Crippen molar-refractivity contribution in [3.05, 3.63) is 65.2 Å². The van der Waals surface area contributed by atoms with E-state index >= 15 is 0 Å². The molecule has 1 unspecified atom stereocenters. The molecule has 5 nitrogen and oxygen atoms in total. The third-order valence-corrected chi connectivity index (χ3v) is 6.36. The summed E-state index contributed by atoms with van der Waals surface area (Å²) in [6, 6.07) is 16.1. The lowest BCUT2D eigenvalue weighted by Crippen LogP contribution is -2.42. The second kappa shape index (κ2) is 7.90. The minimum atomic E-state index is -0.190. The summed E-state index contributed by atoms with van der Waals surface area (Å²) >= 11 is 0. The van der Waals surface area contributed by atoms with Gasteiger partial charge < -0.3 is 15.0 Å². The monoisotopic (exact) mass is 392 g/mol. The molecule has 1 aliphatic carbocycles. The first kappa shape index (κ1) is 19.5. The molecule has 0 bridgehead atoms. The summed E-state index contributed by atoms with van der Waals surface area (Å²) in [6.07, 6.45) is 3.26.